The van der Waals surface area contributed by atoms with Gasteiger partial charge in [0.1, 0.15) is 6.33 Å². The van der Waals surface area contributed by atoms with E-state index in [9.17, 15) is 5.11 Å². The van der Waals surface area contributed by atoms with Crippen molar-refractivity contribution in [3.8, 4) is 17.4 Å². The molecule has 37 heavy (non-hydrogen) atoms. The largest absolute Gasteiger partial charge is 0.494 e. The number of benzene rings is 2. The molecule has 1 aliphatic heterocycles. The molecule has 0 bridgehead atoms. The summed E-state index contributed by atoms with van der Waals surface area (Å²) in [6.45, 7) is 8.02. The molecule has 2 aromatic carbocycles. The van der Waals surface area contributed by atoms with Crippen LogP contribution in [0.1, 0.15) is 31.4 Å². The minimum Gasteiger partial charge on any atom is -0.494 e. The van der Waals surface area contributed by atoms with Crippen molar-refractivity contribution in [1.82, 2.24) is 29.7 Å². The van der Waals surface area contributed by atoms with Crippen LogP contribution in [0.3, 0.4) is 0 Å². The van der Waals surface area contributed by atoms with Crippen LogP contribution in [0, 0.1) is 0 Å². The van der Waals surface area contributed by atoms with Crippen LogP contribution in [0.15, 0.2) is 48.9 Å². The molecule has 0 aliphatic carbocycles. The number of aryl methyl sites for hydroxylation is 1. The van der Waals surface area contributed by atoms with Gasteiger partial charge in [-0.3, -0.25) is 0 Å². The first-order valence-corrected chi connectivity index (χ1v) is 12.9. The molecule has 1 aliphatic rings. The van der Waals surface area contributed by atoms with E-state index in [-0.39, 0.29) is 11.9 Å². The predicted octanol–water partition coefficient (Wildman–Crippen LogP) is 3.56. The summed E-state index contributed by atoms with van der Waals surface area (Å²) in [5.41, 5.74) is 2.20. The molecule has 10 nitrogen and oxygen atoms in total. The summed E-state index contributed by atoms with van der Waals surface area (Å²) in [4.78, 5) is 4.90. The molecule has 0 amide bonds. The molecule has 0 saturated carbocycles. The summed E-state index contributed by atoms with van der Waals surface area (Å²) in [5, 5.41) is 24.9. The maximum absolute atomic E-state index is 11.5. The second-order valence-corrected chi connectivity index (χ2v) is 9.37. The number of hydrogen-bond donors (Lipinski definition) is 1. The number of rotatable bonds is 10. The van der Waals surface area contributed by atoms with E-state index in [1.165, 1.54) is 5.69 Å². The van der Waals surface area contributed by atoms with Gasteiger partial charge in [0.15, 0.2) is 17.4 Å². The normalized spacial score (nSPS) is 15.3. The Kier molecular flexibility index (Phi) is 7.45. The van der Waals surface area contributed by atoms with E-state index in [4.69, 9.17) is 9.47 Å². The van der Waals surface area contributed by atoms with Gasteiger partial charge >= 0.3 is 0 Å². The van der Waals surface area contributed by atoms with E-state index in [0.29, 0.717) is 18.0 Å². The van der Waals surface area contributed by atoms with Gasteiger partial charge in [0, 0.05) is 55.4 Å². The zero-order chi connectivity index (χ0) is 25.8. The maximum Gasteiger partial charge on any atom is 0.199 e. The molecular formula is C27H35N7O3. The average molecular weight is 506 g/mol. The first kappa shape index (κ1) is 24.9. The second-order valence-electron chi connectivity index (χ2n) is 9.37. The van der Waals surface area contributed by atoms with Crippen LogP contribution in [0.25, 0.3) is 10.8 Å². The van der Waals surface area contributed by atoms with Crippen LogP contribution < -0.4 is 14.4 Å². The van der Waals surface area contributed by atoms with Gasteiger partial charge in [-0.1, -0.05) is 19.1 Å². The van der Waals surface area contributed by atoms with Crippen molar-refractivity contribution in [2.45, 2.75) is 32.4 Å². The fourth-order valence-corrected chi connectivity index (χ4v) is 5.30. The van der Waals surface area contributed by atoms with Crippen molar-refractivity contribution in [1.29, 1.82) is 0 Å². The van der Waals surface area contributed by atoms with E-state index in [1.54, 1.807) is 25.2 Å². The Morgan fingerprint density at radius 1 is 1.00 bits per heavy atom. The van der Waals surface area contributed by atoms with Crippen LogP contribution in [0.4, 0.5) is 5.69 Å². The smallest absolute Gasteiger partial charge is 0.199 e. The summed E-state index contributed by atoms with van der Waals surface area (Å²) in [7, 11) is 3.27. The van der Waals surface area contributed by atoms with E-state index in [1.807, 2.05) is 34.9 Å². The Morgan fingerprint density at radius 2 is 1.81 bits per heavy atom. The van der Waals surface area contributed by atoms with Crippen LogP contribution in [-0.2, 0) is 6.54 Å². The van der Waals surface area contributed by atoms with E-state index < -0.39 is 0 Å². The minimum atomic E-state index is -0.117. The molecule has 0 spiro atoms. The van der Waals surface area contributed by atoms with E-state index in [2.05, 4.69) is 44.5 Å². The molecule has 196 valence electrons. The number of aromatic hydroxyl groups is 1. The predicted molar refractivity (Wildman–Crippen MR) is 143 cm³/mol. The van der Waals surface area contributed by atoms with Crippen molar-refractivity contribution < 1.29 is 14.6 Å². The average Bonchev–Trinajstić information content (AvgIpc) is 3.58. The third-order valence-corrected chi connectivity index (χ3v) is 7.38. The maximum atomic E-state index is 11.5. The Balaban J connectivity index is 1.51. The highest BCUT2D eigenvalue weighted by Gasteiger charge is 2.24. The van der Waals surface area contributed by atoms with Crippen LogP contribution in [0.2, 0.25) is 0 Å². The Bertz CT molecular complexity index is 1310. The summed E-state index contributed by atoms with van der Waals surface area (Å²) in [6, 6.07) is 12.0. The lowest BCUT2D eigenvalue weighted by Gasteiger charge is -2.35. The monoisotopic (exact) mass is 505 g/mol. The molecule has 1 atom stereocenters. The number of likely N-dealkylation sites (N-methyl/N-ethyl adjacent to an activating group) is 1. The van der Waals surface area contributed by atoms with Crippen molar-refractivity contribution in [3.63, 3.8) is 0 Å². The van der Waals surface area contributed by atoms with E-state index >= 15 is 0 Å². The molecule has 1 N–H and O–H groups in total. The van der Waals surface area contributed by atoms with Gasteiger partial charge in [-0.25, -0.2) is 4.68 Å². The Morgan fingerprint density at radius 3 is 2.51 bits per heavy atom. The van der Waals surface area contributed by atoms with Crippen molar-refractivity contribution in [2.24, 2.45) is 0 Å². The Labute approximate surface area is 217 Å². The fraction of sp³-hybridized carbons (Fsp3) is 0.444. The third-order valence-electron chi connectivity index (χ3n) is 7.38. The van der Waals surface area contributed by atoms with Crippen molar-refractivity contribution >= 4 is 16.5 Å². The fourth-order valence-electron chi connectivity index (χ4n) is 5.30. The molecule has 0 radical (unpaired) electrons. The minimum absolute atomic E-state index is 0.117. The summed E-state index contributed by atoms with van der Waals surface area (Å²) in [5.74, 6) is 1.61. The summed E-state index contributed by atoms with van der Waals surface area (Å²) in [6.07, 6.45) is 5.32. The SMILES string of the molecule is CCN1CCN(c2cccc3c(O)n([C@H](CCCn4cnnn4)c4ccc(OC)c(OC)c4)cc23)CC1. The number of anilines is 1. The molecule has 1 fully saturated rings. The number of piperazine rings is 1. The number of hydrogen-bond acceptors (Lipinski definition) is 8. The number of fused-ring (bicyclic) bond motifs is 1. The first-order valence-electron chi connectivity index (χ1n) is 12.9. The van der Waals surface area contributed by atoms with Gasteiger partial charge < -0.3 is 28.9 Å². The van der Waals surface area contributed by atoms with Crippen LogP contribution in [-0.4, -0.2) is 81.7 Å². The topological polar surface area (TPSA) is 93.7 Å². The number of ether oxygens (including phenoxy) is 2. The summed E-state index contributed by atoms with van der Waals surface area (Å²) >= 11 is 0. The molecular weight excluding hydrogens is 470 g/mol. The molecule has 1 saturated heterocycles. The number of aromatic nitrogens is 5. The van der Waals surface area contributed by atoms with Gasteiger partial charge in [0.05, 0.1) is 20.3 Å². The molecule has 0 unspecified atom stereocenters. The molecule has 3 heterocycles. The lowest BCUT2D eigenvalue weighted by atomic mass is 10.0. The van der Waals surface area contributed by atoms with Crippen LogP contribution >= 0.6 is 0 Å². The first-order chi connectivity index (χ1) is 18.1. The van der Waals surface area contributed by atoms with Gasteiger partial charge in [-0.2, -0.15) is 0 Å². The lowest BCUT2D eigenvalue weighted by Crippen LogP contribution is -2.46. The number of nitrogens with zero attached hydrogens (tertiary/aromatic N) is 7. The second kappa shape index (κ2) is 11.1. The van der Waals surface area contributed by atoms with Gasteiger partial charge in [0.25, 0.3) is 0 Å². The highest BCUT2D eigenvalue weighted by Crippen LogP contribution is 2.40. The van der Waals surface area contributed by atoms with Crippen LogP contribution in [0.5, 0.6) is 17.4 Å². The van der Waals surface area contributed by atoms with Gasteiger partial charge in [-0.15, -0.1) is 5.10 Å². The van der Waals surface area contributed by atoms with Crippen molar-refractivity contribution in [2.75, 3.05) is 51.8 Å². The third kappa shape index (κ3) is 5.06. The Hall–Kier alpha value is -3.79. The zero-order valence-electron chi connectivity index (χ0n) is 21.7. The number of methoxy groups -OCH3 is 2. The molecule has 4 aromatic rings. The van der Waals surface area contributed by atoms with E-state index in [0.717, 1.165) is 61.9 Å². The quantitative estimate of drug-likeness (QED) is 0.350. The molecule has 10 heteroatoms. The highest BCUT2D eigenvalue weighted by atomic mass is 16.5. The molecule has 5 rings (SSSR count). The van der Waals surface area contributed by atoms with Gasteiger partial charge in [0.2, 0.25) is 0 Å². The zero-order valence-corrected chi connectivity index (χ0v) is 21.7. The number of tetrazole rings is 1. The standard InChI is InChI=1S/C27H35N7O3/c1-4-31-13-15-32(16-14-31)24-8-5-7-21-22(24)18-34(27(21)35)23(9-6-12-33-19-28-29-30-33)20-10-11-25(36-2)26(17-20)37-3/h5,7-8,10-11,17-19,23,35H,4,6,9,12-16H2,1-3H3/t23-/m1/s1. The lowest BCUT2D eigenvalue weighted by molar-refractivity contribution is 0.271. The summed E-state index contributed by atoms with van der Waals surface area (Å²) < 4.78 is 14.8. The highest BCUT2D eigenvalue weighted by molar-refractivity contribution is 5.98. The van der Waals surface area contributed by atoms with Crippen molar-refractivity contribution in [3.05, 3.63) is 54.5 Å². The molecule has 2 aromatic heterocycles. The van der Waals surface area contributed by atoms with Gasteiger partial charge in [-0.05, 0) is 59.6 Å².